The Morgan fingerprint density at radius 3 is 2.00 bits per heavy atom. The van der Waals surface area contributed by atoms with Gasteiger partial charge in [0.2, 0.25) is 0 Å². The molecule has 6 nitrogen and oxygen atoms in total. The Labute approximate surface area is 50.4 Å². The van der Waals surface area contributed by atoms with Gasteiger partial charge in [-0.2, -0.15) is 0 Å². The largest absolute Gasteiger partial charge is 0.465 e. The van der Waals surface area contributed by atoms with E-state index in [0.717, 1.165) is 0 Å². The molecule has 0 atom stereocenters. The molecule has 0 heterocycles. The first kappa shape index (κ1) is 8.15. The molecule has 0 aliphatic heterocycles. The number of hydrogen-bond donors (Lipinski definition) is 5. The molecule has 0 radical (unpaired) electrons. The quantitative estimate of drug-likeness (QED) is 0.280. The molecule has 0 spiro atoms. The molecule has 9 heavy (non-hydrogen) atoms. The Kier molecular flexibility index (Phi) is 2.38. The van der Waals surface area contributed by atoms with Crippen LogP contribution < -0.4 is 5.32 Å². The maximum Gasteiger partial charge on any atom is 0.404 e. The normalized spacial score (nSPS) is 11.0. The van der Waals surface area contributed by atoms with Gasteiger partial charge in [-0.05, 0) is 0 Å². The van der Waals surface area contributed by atoms with Crippen molar-refractivity contribution in [1.82, 2.24) is 5.32 Å². The lowest BCUT2D eigenvalue weighted by molar-refractivity contribution is -0.305. The van der Waals surface area contributed by atoms with Crippen LogP contribution in [-0.2, 0) is 0 Å². The molecule has 0 saturated heterocycles. The lowest BCUT2D eigenvalue weighted by Gasteiger charge is -2.12. The van der Waals surface area contributed by atoms with Crippen LogP contribution in [-0.4, -0.2) is 39.0 Å². The summed E-state index contributed by atoms with van der Waals surface area (Å²) in [5, 5.41) is 33.5. The third-order valence-corrected chi connectivity index (χ3v) is 0.477. The number of aliphatic hydroxyl groups is 3. The molecule has 0 aliphatic carbocycles. The second-order valence-electron chi connectivity index (χ2n) is 1.43. The molecule has 0 unspecified atom stereocenters. The van der Waals surface area contributed by atoms with Crippen LogP contribution in [0.25, 0.3) is 0 Å². The number of amides is 1. The van der Waals surface area contributed by atoms with Gasteiger partial charge in [-0.1, -0.05) is 0 Å². The minimum Gasteiger partial charge on any atom is -0.465 e. The summed E-state index contributed by atoms with van der Waals surface area (Å²) in [7, 11) is 0. The number of hydrogen-bond acceptors (Lipinski definition) is 4. The second kappa shape index (κ2) is 2.62. The second-order valence-corrected chi connectivity index (χ2v) is 1.43. The summed E-state index contributed by atoms with van der Waals surface area (Å²) >= 11 is 0. The van der Waals surface area contributed by atoms with Crippen molar-refractivity contribution in [3.05, 3.63) is 0 Å². The lowest BCUT2D eigenvalue weighted by atomic mass is 10.5. The van der Waals surface area contributed by atoms with Gasteiger partial charge in [0, 0.05) is 0 Å². The van der Waals surface area contributed by atoms with Crippen molar-refractivity contribution in [1.29, 1.82) is 0 Å². The van der Waals surface area contributed by atoms with E-state index in [1.807, 2.05) is 0 Å². The van der Waals surface area contributed by atoms with E-state index >= 15 is 0 Å². The van der Waals surface area contributed by atoms with E-state index in [2.05, 4.69) is 0 Å². The molecular formula is C3H7NO5. The van der Waals surface area contributed by atoms with Gasteiger partial charge in [-0.25, -0.2) is 4.79 Å². The SMILES string of the molecule is O=C(O)NCC(O)(O)O. The van der Waals surface area contributed by atoms with Crippen molar-refractivity contribution >= 4 is 6.09 Å². The third-order valence-electron chi connectivity index (χ3n) is 0.477. The van der Waals surface area contributed by atoms with Gasteiger partial charge >= 0.3 is 6.09 Å². The molecule has 0 bridgehead atoms. The van der Waals surface area contributed by atoms with E-state index in [1.54, 1.807) is 5.32 Å². The van der Waals surface area contributed by atoms with Crippen LogP contribution in [0.1, 0.15) is 0 Å². The third kappa shape index (κ3) is 7.15. The average molecular weight is 137 g/mol. The predicted octanol–water partition coefficient (Wildman–Crippen LogP) is -2.12. The van der Waals surface area contributed by atoms with Crippen LogP contribution in [0.15, 0.2) is 0 Å². The molecule has 0 aromatic rings. The Hall–Kier alpha value is -0.850. The van der Waals surface area contributed by atoms with Gasteiger partial charge < -0.3 is 25.7 Å². The van der Waals surface area contributed by atoms with Crippen molar-refractivity contribution < 1.29 is 25.2 Å². The molecule has 1 amide bonds. The number of carbonyl (C=O) groups is 1. The maximum atomic E-state index is 9.60. The van der Waals surface area contributed by atoms with E-state index < -0.39 is 18.6 Å². The average Bonchev–Trinajstić information content (AvgIpc) is 1.59. The topological polar surface area (TPSA) is 110 Å². The van der Waals surface area contributed by atoms with Crippen molar-refractivity contribution in [3.63, 3.8) is 0 Å². The maximum absolute atomic E-state index is 9.60. The first-order chi connectivity index (χ1) is 3.92. The molecule has 5 N–H and O–H groups in total. The highest BCUT2D eigenvalue weighted by Crippen LogP contribution is 1.86. The summed E-state index contributed by atoms with van der Waals surface area (Å²) in [5.74, 6) is -2.96. The van der Waals surface area contributed by atoms with E-state index in [9.17, 15) is 4.79 Å². The van der Waals surface area contributed by atoms with Crippen molar-refractivity contribution in [3.8, 4) is 0 Å². The fourth-order valence-corrected chi connectivity index (χ4v) is 0.194. The molecule has 6 heteroatoms. The molecule has 0 aromatic carbocycles. The zero-order valence-electron chi connectivity index (χ0n) is 4.40. The van der Waals surface area contributed by atoms with Gasteiger partial charge in [0.05, 0.1) is 0 Å². The molecule has 54 valence electrons. The van der Waals surface area contributed by atoms with Crippen LogP contribution in [0.5, 0.6) is 0 Å². The van der Waals surface area contributed by atoms with Gasteiger partial charge in [-0.15, -0.1) is 0 Å². The zero-order valence-corrected chi connectivity index (χ0v) is 4.40. The highest BCUT2D eigenvalue weighted by Gasteiger charge is 2.18. The van der Waals surface area contributed by atoms with E-state index in [0.29, 0.717) is 0 Å². The van der Waals surface area contributed by atoms with Crippen molar-refractivity contribution in [2.45, 2.75) is 5.97 Å². The Bertz CT molecular complexity index is 105. The number of nitrogens with one attached hydrogen (secondary N) is 1. The molecular weight excluding hydrogens is 130 g/mol. The minimum absolute atomic E-state index is 0.831. The first-order valence-corrected chi connectivity index (χ1v) is 2.06. The van der Waals surface area contributed by atoms with E-state index in [1.165, 1.54) is 0 Å². The Morgan fingerprint density at radius 1 is 1.44 bits per heavy atom. The summed E-state index contributed by atoms with van der Waals surface area (Å²) < 4.78 is 0. The zero-order chi connectivity index (χ0) is 7.49. The van der Waals surface area contributed by atoms with Gasteiger partial charge in [0.15, 0.2) is 0 Å². The molecule has 0 rings (SSSR count). The monoisotopic (exact) mass is 137 g/mol. The number of carboxylic acid groups (broad SMARTS) is 1. The fraction of sp³-hybridized carbons (Fsp3) is 0.667. The lowest BCUT2D eigenvalue weighted by Crippen LogP contribution is -2.41. The summed E-state index contributed by atoms with van der Waals surface area (Å²) in [6.45, 7) is -0.831. The van der Waals surface area contributed by atoms with Crippen molar-refractivity contribution in [2.75, 3.05) is 6.54 Å². The van der Waals surface area contributed by atoms with Crippen LogP contribution in [0.4, 0.5) is 4.79 Å². The van der Waals surface area contributed by atoms with E-state index in [4.69, 9.17) is 20.4 Å². The molecule has 0 aliphatic rings. The predicted molar refractivity (Wildman–Crippen MR) is 25.4 cm³/mol. The Morgan fingerprint density at radius 2 is 1.89 bits per heavy atom. The van der Waals surface area contributed by atoms with E-state index in [-0.39, 0.29) is 0 Å². The summed E-state index contributed by atoms with van der Waals surface area (Å²) in [5.41, 5.74) is 0. The highest BCUT2D eigenvalue weighted by atomic mass is 16.7. The fourth-order valence-electron chi connectivity index (χ4n) is 0.194. The van der Waals surface area contributed by atoms with Gasteiger partial charge in [-0.3, -0.25) is 0 Å². The minimum atomic E-state index is -2.96. The van der Waals surface area contributed by atoms with Gasteiger partial charge in [0.25, 0.3) is 5.97 Å². The van der Waals surface area contributed by atoms with Crippen LogP contribution in [0.3, 0.4) is 0 Å². The molecule has 0 aromatic heterocycles. The smallest absolute Gasteiger partial charge is 0.404 e. The van der Waals surface area contributed by atoms with Gasteiger partial charge in [0.1, 0.15) is 6.54 Å². The number of rotatable bonds is 2. The van der Waals surface area contributed by atoms with Crippen LogP contribution in [0, 0.1) is 0 Å². The Balaban J connectivity index is 3.39. The summed E-state index contributed by atoms with van der Waals surface area (Å²) in [6.07, 6.45) is -1.43. The summed E-state index contributed by atoms with van der Waals surface area (Å²) in [4.78, 5) is 9.60. The van der Waals surface area contributed by atoms with Crippen LogP contribution >= 0.6 is 0 Å². The van der Waals surface area contributed by atoms with Crippen LogP contribution in [0.2, 0.25) is 0 Å². The van der Waals surface area contributed by atoms with Crippen molar-refractivity contribution in [2.24, 2.45) is 0 Å². The standard InChI is InChI=1S/C3H7NO5/c5-2(6)4-1-3(7,8)9/h4,7-9H,1H2,(H,5,6). The molecule has 0 saturated carbocycles. The molecule has 0 fully saturated rings. The summed E-state index contributed by atoms with van der Waals surface area (Å²) in [6, 6.07) is 0. The first-order valence-electron chi connectivity index (χ1n) is 2.06. The highest BCUT2D eigenvalue weighted by molar-refractivity contribution is 5.64.